The molecule has 0 aliphatic rings. The summed E-state index contributed by atoms with van der Waals surface area (Å²) < 4.78 is 19.8. The number of rotatable bonds is 10. The summed E-state index contributed by atoms with van der Waals surface area (Å²) in [6, 6.07) is 18.5. The highest BCUT2D eigenvalue weighted by atomic mass is 35.5. The van der Waals surface area contributed by atoms with Crippen LogP contribution in [-0.4, -0.2) is 30.3 Å². The Bertz CT molecular complexity index is 1360. The van der Waals surface area contributed by atoms with E-state index in [2.05, 4.69) is 20.2 Å². The molecule has 0 spiro atoms. The van der Waals surface area contributed by atoms with Crippen molar-refractivity contribution in [3.05, 3.63) is 82.7 Å². The molecule has 10 heteroatoms. The lowest BCUT2D eigenvalue weighted by molar-refractivity contribution is -0.115. The Morgan fingerprint density at radius 2 is 1.86 bits per heavy atom. The van der Waals surface area contributed by atoms with Gasteiger partial charge in [0.05, 0.1) is 26.2 Å². The maximum absolute atomic E-state index is 12.7. The van der Waals surface area contributed by atoms with E-state index in [9.17, 15) is 4.79 Å². The molecule has 0 unspecified atom stereocenters. The number of anilines is 1. The lowest BCUT2D eigenvalue weighted by atomic mass is 10.1. The van der Waals surface area contributed by atoms with Crippen LogP contribution in [-0.2, 0) is 17.8 Å². The van der Waals surface area contributed by atoms with E-state index in [0.717, 1.165) is 33.1 Å². The molecule has 1 aromatic heterocycles. The molecule has 0 atom stereocenters. The second kappa shape index (κ2) is 11.9. The van der Waals surface area contributed by atoms with Crippen molar-refractivity contribution >= 4 is 35.1 Å². The summed E-state index contributed by atoms with van der Waals surface area (Å²) in [5.74, 6) is 2.13. The summed E-state index contributed by atoms with van der Waals surface area (Å²) in [5.41, 5.74) is 3.11. The number of nitrogens with one attached hydrogen (secondary N) is 2. The Kier molecular flexibility index (Phi) is 8.48. The van der Waals surface area contributed by atoms with Crippen LogP contribution < -0.4 is 19.5 Å². The number of aryl methyl sites for hydroxylation is 1. The van der Waals surface area contributed by atoms with E-state index in [-0.39, 0.29) is 12.3 Å². The standard InChI is InChI=1S/C26H25ClN4O4S/c1-16-30-31-26(35-16)21-11-9-19(29-25(32)12-17-6-4-5-7-22(17)27)13-24(21)36-28-15-18-8-10-20(33-2)14-23(18)34-3/h4-11,13-14,28H,12,15H2,1-3H3,(H,29,32). The Hall–Kier alpha value is -3.53. The lowest BCUT2D eigenvalue weighted by Gasteiger charge is -2.13. The first kappa shape index (κ1) is 25.6. The zero-order chi connectivity index (χ0) is 25.5. The number of nitrogens with zero attached hydrogens (tertiary/aromatic N) is 2. The predicted octanol–water partition coefficient (Wildman–Crippen LogP) is 5.69. The Morgan fingerprint density at radius 1 is 1.03 bits per heavy atom. The number of hydrogen-bond acceptors (Lipinski definition) is 8. The summed E-state index contributed by atoms with van der Waals surface area (Å²) in [5, 5.41) is 11.6. The highest BCUT2D eigenvalue weighted by Gasteiger charge is 2.15. The van der Waals surface area contributed by atoms with E-state index >= 15 is 0 Å². The number of amides is 1. The first-order valence-electron chi connectivity index (χ1n) is 11.0. The number of ether oxygens (including phenoxy) is 2. The van der Waals surface area contributed by atoms with Crippen molar-refractivity contribution in [3.63, 3.8) is 0 Å². The van der Waals surface area contributed by atoms with Gasteiger partial charge in [0.2, 0.25) is 17.7 Å². The second-order valence-corrected chi connectivity index (χ2v) is 9.09. The van der Waals surface area contributed by atoms with Crippen molar-refractivity contribution in [1.82, 2.24) is 14.9 Å². The SMILES string of the molecule is COc1ccc(CNSc2cc(NC(=O)Cc3ccccc3Cl)ccc2-c2nnc(C)o2)c(OC)c1. The van der Waals surface area contributed by atoms with E-state index < -0.39 is 0 Å². The van der Waals surface area contributed by atoms with E-state index in [1.807, 2.05) is 48.5 Å². The fraction of sp³-hybridized carbons (Fsp3) is 0.192. The van der Waals surface area contributed by atoms with Gasteiger partial charge in [-0.05, 0) is 47.8 Å². The molecule has 3 aromatic carbocycles. The molecule has 1 amide bonds. The molecule has 0 bridgehead atoms. The first-order valence-corrected chi connectivity index (χ1v) is 12.2. The smallest absolute Gasteiger partial charge is 0.248 e. The molecular weight excluding hydrogens is 500 g/mol. The van der Waals surface area contributed by atoms with Crippen LogP contribution in [0.25, 0.3) is 11.5 Å². The van der Waals surface area contributed by atoms with Crippen LogP contribution in [0.4, 0.5) is 5.69 Å². The molecule has 1 heterocycles. The second-order valence-electron chi connectivity index (χ2n) is 7.75. The van der Waals surface area contributed by atoms with E-state index in [1.54, 1.807) is 33.3 Å². The Labute approximate surface area is 218 Å². The van der Waals surface area contributed by atoms with Crippen LogP contribution in [0.3, 0.4) is 0 Å². The Morgan fingerprint density at radius 3 is 2.58 bits per heavy atom. The molecule has 8 nitrogen and oxygen atoms in total. The molecule has 0 saturated carbocycles. The third-order valence-corrected chi connectivity index (χ3v) is 6.48. The monoisotopic (exact) mass is 524 g/mol. The van der Waals surface area contributed by atoms with E-state index in [1.165, 1.54) is 11.9 Å². The van der Waals surface area contributed by atoms with Crippen molar-refractivity contribution in [3.8, 4) is 23.0 Å². The molecule has 4 aromatic rings. The van der Waals surface area contributed by atoms with Gasteiger partial charge in [0, 0.05) is 40.7 Å². The van der Waals surface area contributed by atoms with Crippen molar-refractivity contribution in [2.24, 2.45) is 0 Å². The molecule has 36 heavy (non-hydrogen) atoms. The summed E-state index contributed by atoms with van der Waals surface area (Å²) in [6.07, 6.45) is 0.169. The van der Waals surface area contributed by atoms with Gasteiger partial charge in [-0.25, -0.2) is 0 Å². The van der Waals surface area contributed by atoms with Gasteiger partial charge in [0.25, 0.3) is 0 Å². The summed E-state index contributed by atoms with van der Waals surface area (Å²) in [6.45, 7) is 2.25. The highest BCUT2D eigenvalue weighted by molar-refractivity contribution is 7.97. The number of carbonyl (C=O) groups is 1. The molecule has 0 radical (unpaired) electrons. The Balaban J connectivity index is 1.51. The summed E-state index contributed by atoms with van der Waals surface area (Å²) in [4.78, 5) is 13.5. The van der Waals surface area contributed by atoms with Crippen LogP contribution >= 0.6 is 23.5 Å². The minimum absolute atomic E-state index is 0.169. The van der Waals surface area contributed by atoms with Crippen molar-refractivity contribution in [2.75, 3.05) is 19.5 Å². The minimum atomic E-state index is -0.170. The van der Waals surface area contributed by atoms with Crippen molar-refractivity contribution < 1.29 is 18.7 Å². The predicted molar refractivity (Wildman–Crippen MR) is 140 cm³/mol. The summed E-state index contributed by atoms with van der Waals surface area (Å²) in [7, 11) is 3.24. The van der Waals surface area contributed by atoms with Gasteiger partial charge < -0.3 is 19.2 Å². The topological polar surface area (TPSA) is 98.5 Å². The molecule has 0 fully saturated rings. The number of hydrogen-bond donors (Lipinski definition) is 2. The quantitative estimate of drug-likeness (QED) is 0.255. The van der Waals surface area contributed by atoms with E-state index in [4.69, 9.17) is 25.5 Å². The number of benzene rings is 3. The average molecular weight is 525 g/mol. The number of carbonyl (C=O) groups excluding carboxylic acids is 1. The van der Waals surface area contributed by atoms with Gasteiger partial charge in [-0.3, -0.25) is 9.52 Å². The van der Waals surface area contributed by atoms with Gasteiger partial charge in [0.15, 0.2) is 0 Å². The molecular formula is C26H25ClN4O4S. The van der Waals surface area contributed by atoms with Crippen LogP contribution in [0.1, 0.15) is 17.0 Å². The van der Waals surface area contributed by atoms with Crippen LogP contribution in [0.5, 0.6) is 11.5 Å². The largest absolute Gasteiger partial charge is 0.497 e. The molecule has 4 rings (SSSR count). The summed E-state index contributed by atoms with van der Waals surface area (Å²) >= 11 is 7.59. The zero-order valence-electron chi connectivity index (χ0n) is 20.0. The van der Waals surface area contributed by atoms with Gasteiger partial charge in [-0.1, -0.05) is 35.9 Å². The van der Waals surface area contributed by atoms with Crippen molar-refractivity contribution in [1.29, 1.82) is 0 Å². The van der Waals surface area contributed by atoms with Crippen LogP contribution in [0.15, 0.2) is 70.0 Å². The van der Waals surface area contributed by atoms with Crippen LogP contribution in [0.2, 0.25) is 5.02 Å². The molecule has 0 aliphatic heterocycles. The van der Waals surface area contributed by atoms with E-state index in [0.29, 0.717) is 29.0 Å². The first-order chi connectivity index (χ1) is 17.5. The normalized spacial score (nSPS) is 10.8. The fourth-order valence-electron chi connectivity index (χ4n) is 3.48. The minimum Gasteiger partial charge on any atom is -0.497 e. The van der Waals surface area contributed by atoms with Gasteiger partial charge in [0.1, 0.15) is 11.5 Å². The maximum Gasteiger partial charge on any atom is 0.248 e. The maximum atomic E-state index is 12.7. The van der Waals surface area contributed by atoms with Gasteiger partial charge >= 0.3 is 0 Å². The lowest BCUT2D eigenvalue weighted by Crippen LogP contribution is -2.14. The van der Waals surface area contributed by atoms with Gasteiger partial charge in [-0.2, -0.15) is 0 Å². The highest BCUT2D eigenvalue weighted by Crippen LogP contribution is 2.33. The molecule has 2 N–H and O–H groups in total. The molecule has 186 valence electrons. The molecule has 0 saturated heterocycles. The van der Waals surface area contributed by atoms with Crippen LogP contribution in [0, 0.1) is 6.92 Å². The van der Waals surface area contributed by atoms with Crippen molar-refractivity contribution in [2.45, 2.75) is 24.8 Å². The third kappa shape index (κ3) is 6.37. The van der Waals surface area contributed by atoms with Gasteiger partial charge in [-0.15, -0.1) is 10.2 Å². The average Bonchev–Trinajstić information content (AvgIpc) is 3.31. The molecule has 0 aliphatic carbocycles. The number of halogens is 1. The number of methoxy groups -OCH3 is 2. The number of aromatic nitrogens is 2. The fourth-order valence-corrected chi connectivity index (χ4v) is 4.51. The third-order valence-electron chi connectivity index (χ3n) is 5.27. The zero-order valence-corrected chi connectivity index (χ0v) is 21.6.